The summed E-state index contributed by atoms with van der Waals surface area (Å²) in [6, 6.07) is 12.5. The van der Waals surface area contributed by atoms with Crippen molar-refractivity contribution in [3.63, 3.8) is 0 Å². The van der Waals surface area contributed by atoms with Crippen LogP contribution in [0.5, 0.6) is 5.75 Å². The van der Waals surface area contributed by atoms with Gasteiger partial charge in [0, 0.05) is 32.1 Å². The summed E-state index contributed by atoms with van der Waals surface area (Å²) in [5.41, 5.74) is 3.51. The molecule has 1 saturated heterocycles. The van der Waals surface area contributed by atoms with Gasteiger partial charge in [-0.05, 0) is 48.2 Å². The number of pyridine rings is 1. The zero-order valence-electron chi connectivity index (χ0n) is 16.4. The van der Waals surface area contributed by atoms with Gasteiger partial charge in [0.2, 0.25) is 0 Å². The fraction of sp³-hybridized carbons (Fsp3) is 0.478. The molecule has 0 spiro atoms. The molecule has 3 rings (SSSR count). The first kappa shape index (κ1) is 19.2. The van der Waals surface area contributed by atoms with Gasteiger partial charge in [-0.2, -0.15) is 5.26 Å². The van der Waals surface area contributed by atoms with Gasteiger partial charge in [0.1, 0.15) is 23.7 Å². The molecule has 27 heavy (non-hydrogen) atoms. The van der Waals surface area contributed by atoms with Crippen molar-refractivity contribution in [3.8, 4) is 11.8 Å². The maximum atomic E-state index is 8.89. The third-order valence-electron chi connectivity index (χ3n) is 5.16. The summed E-state index contributed by atoms with van der Waals surface area (Å²) in [6.45, 7) is 6.32. The Morgan fingerprint density at radius 1 is 1.07 bits per heavy atom. The molecule has 0 bridgehead atoms. The number of hydrogen-bond acceptors (Lipinski definition) is 4. The monoisotopic (exact) mass is 363 g/mol. The molecular formula is C23H29N3O. The van der Waals surface area contributed by atoms with Crippen LogP contribution in [0.15, 0.2) is 36.5 Å². The Bertz CT molecular complexity index is 771. The van der Waals surface area contributed by atoms with Gasteiger partial charge >= 0.3 is 0 Å². The molecule has 2 aromatic rings. The Labute approximate surface area is 162 Å². The van der Waals surface area contributed by atoms with Crippen molar-refractivity contribution < 1.29 is 4.74 Å². The molecule has 0 unspecified atom stereocenters. The lowest BCUT2D eigenvalue weighted by Crippen LogP contribution is -2.38. The van der Waals surface area contributed by atoms with Crippen molar-refractivity contribution in [3.05, 3.63) is 53.2 Å². The van der Waals surface area contributed by atoms with E-state index in [-0.39, 0.29) is 6.10 Å². The number of benzene rings is 1. The minimum absolute atomic E-state index is 0.256. The van der Waals surface area contributed by atoms with E-state index in [1.165, 1.54) is 17.5 Å². The zero-order valence-corrected chi connectivity index (χ0v) is 16.4. The maximum Gasteiger partial charge on any atom is 0.128 e. The Hall–Kier alpha value is -2.54. The molecule has 0 amide bonds. The molecule has 4 heteroatoms. The van der Waals surface area contributed by atoms with Crippen molar-refractivity contribution in [1.29, 1.82) is 5.26 Å². The molecule has 0 aliphatic carbocycles. The maximum absolute atomic E-state index is 8.89. The SMILES string of the molecule is CCCc1ccc(OC2CCN(c3ccc(C#N)cn3)CC2)cc1CCC. The van der Waals surface area contributed by atoms with Crippen LogP contribution in [0.4, 0.5) is 5.82 Å². The quantitative estimate of drug-likeness (QED) is 0.701. The minimum Gasteiger partial charge on any atom is -0.490 e. The minimum atomic E-state index is 0.256. The summed E-state index contributed by atoms with van der Waals surface area (Å²) < 4.78 is 6.31. The normalized spacial score (nSPS) is 14.8. The van der Waals surface area contributed by atoms with E-state index in [2.05, 4.69) is 48.0 Å². The predicted octanol–water partition coefficient (Wildman–Crippen LogP) is 4.91. The van der Waals surface area contributed by atoms with Crippen LogP contribution in [-0.4, -0.2) is 24.2 Å². The van der Waals surface area contributed by atoms with E-state index in [1.807, 2.05) is 12.1 Å². The van der Waals surface area contributed by atoms with E-state index in [0.29, 0.717) is 5.56 Å². The molecule has 0 N–H and O–H groups in total. The number of piperidine rings is 1. The molecule has 0 radical (unpaired) electrons. The van der Waals surface area contributed by atoms with E-state index in [1.54, 1.807) is 6.20 Å². The van der Waals surface area contributed by atoms with Gasteiger partial charge in [0.15, 0.2) is 0 Å². The third-order valence-corrected chi connectivity index (χ3v) is 5.16. The van der Waals surface area contributed by atoms with Crippen molar-refractivity contribution >= 4 is 5.82 Å². The van der Waals surface area contributed by atoms with Crippen LogP contribution in [-0.2, 0) is 12.8 Å². The molecule has 1 aliphatic rings. The molecule has 1 aromatic heterocycles. The van der Waals surface area contributed by atoms with Crippen LogP contribution in [0.3, 0.4) is 0 Å². The molecule has 4 nitrogen and oxygen atoms in total. The molecule has 1 aliphatic heterocycles. The van der Waals surface area contributed by atoms with Gasteiger partial charge in [-0.25, -0.2) is 4.98 Å². The topological polar surface area (TPSA) is 49.1 Å². The number of aryl methyl sites for hydroxylation is 2. The van der Waals surface area contributed by atoms with E-state index in [0.717, 1.165) is 56.8 Å². The molecular weight excluding hydrogens is 334 g/mol. The van der Waals surface area contributed by atoms with Crippen LogP contribution in [0, 0.1) is 11.3 Å². The third kappa shape index (κ3) is 5.01. The van der Waals surface area contributed by atoms with Crippen molar-refractivity contribution in [2.45, 2.75) is 58.5 Å². The van der Waals surface area contributed by atoms with E-state index in [9.17, 15) is 0 Å². The lowest BCUT2D eigenvalue weighted by molar-refractivity contribution is 0.170. The first-order valence-electron chi connectivity index (χ1n) is 10.1. The highest BCUT2D eigenvalue weighted by atomic mass is 16.5. The van der Waals surface area contributed by atoms with Crippen LogP contribution in [0.1, 0.15) is 56.2 Å². The second-order valence-electron chi connectivity index (χ2n) is 7.25. The van der Waals surface area contributed by atoms with Gasteiger partial charge < -0.3 is 9.64 Å². The summed E-state index contributed by atoms with van der Waals surface area (Å²) in [7, 11) is 0. The standard InChI is InChI=1S/C23H29N3O/c1-3-5-19-8-9-22(15-20(19)6-4-2)27-21-11-13-26(14-12-21)23-10-7-18(16-24)17-25-23/h7-10,15,17,21H,3-6,11-14H2,1-2H3. The van der Waals surface area contributed by atoms with Crippen molar-refractivity contribution in [2.75, 3.05) is 18.0 Å². The predicted molar refractivity (Wildman–Crippen MR) is 109 cm³/mol. The lowest BCUT2D eigenvalue weighted by Gasteiger charge is -2.33. The second-order valence-corrected chi connectivity index (χ2v) is 7.25. The highest BCUT2D eigenvalue weighted by Crippen LogP contribution is 2.25. The fourth-order valence-electron chi connectivity index (χ4n) is 3.73. The summed E-state index contributed by atoms with van der Waals surface area (Å²) >= 11 is 0. The Morgan fingerprint density at radius 2 is 1.81 bits per heavy atom. The molecule has 1 fully saturated rings. The summed E-state index contributed by atoms with van der Waals surface area (Å²) in [6.07, 6.45) is 8.48. The van der Waals surface area contributed by atoms with Crippen LogP contribution in [0.2, 0.25) is 0 Å². The molecule has 0 atom stereocenters. The lowest BCUT2D eigenvalue weighted by atomic mass is 9.99. The van der Waals surface area contributed by atoms with Gasteiger partial charge in [0.05, 0.1) is 5.56 Å². The fourth-order valence-corrected chi connectivity index (χ4v) is 3.73. The Kier molecular flexibility index (Phi) is 6.70. The number of ether oxygens (including phenoxy) is 1. The van der Waals surface area contributed by atoms with Crippen molar-refractivity contribution in [2.24, 2.45) is 0 Å². The average molecular weight is 364 g/mol. The molecule has 142 valence electrons. The van der Waals surface area contributed by atoms with Crippen LogP contribution < -0.4 is 9.64 Å². The molecule has 0 saturated carbocycles. The van der Waals surface area contributed by atoms with Crippen LogP contribution in [0.25, 0.3) is 0 Å². The summed E-state index contributed by atoms with van der Waals surface area (Å²) in [5.74, 6) is 1.95. The van der Waals surface area contributed by atoms with Crippen LogP contribution >= 0.6 is 0 Å². The number of anilines is 1. The first-order valence-corrected chi connectivity index (χ1v) is 10.1. The summed E-state index contributed by atoms with van der Waals surface area (Å²) in [5, 5.41) is 8.89. The molecule has 1 aromatic carbocycles. The van der Waals surface area contributed by atoms with Crippen molar-refractivity contribution in [1.82, 2.24) is 4.98 Å². The molecule has 2 heterocycles. The number of rotatable bonds is 7. The Morgan fingerprint density at radius 3 is 2.44 bits per heavy atom. The van der Waals surface area contributed by atoms with Gasteiger partial charge in [0.25, 0.3) is 0 Å². The van der Waals surface area contributed by atoms with Gasteiger partial charge in [-0.1, -0.05) is 32.8 Å². The summed E-state index contributed by atoms with van der Waals surface area (Å²) in [4.78, 5) is 6.68. The first-order chi connectivity index (χ1) is 13.2. The van der Waals surface area contributed by atoms with E-state index < -0.39 is 0 Å². The smallest absolute Gasteiger partial charge is 0.128 e. The zero-order chi connectivity index (χ0) is 19.1. The second kappa shape index (κ2) is 9.41. The number of nitrogens with zero attached hydrogens (tertiary/aromatic N) is 3. The number of aromatic nitrogens is 1. The van der Waals surface area contributed by atoms with Gasteiger partial charge in [-0.3, -0.25) is 0 Å². The van der Waals surface area contributed by atoms with E-state index in [4.69, 9.17) is 10.00 Å². The highest BCUT2D eigenvalue weighted by molar-refractivity contribution is 5.42. The Balaban J connectivity index is 1.58. The van der Waals surface area contributed by atoms with Gasteiger partial charge in [-0.15, -0.1) is 0 Å². The number of nitriles is 1. The highest BCUT2D eigenvalue weighted by Gasteiger charge is 2.21. The van der Waals surface area contributed by atoms with E-state index >= 15 is 0 Å². The average Bonchev–Trinajstić information content (AvgIpc) is 2.71. The number of hydrogen-bond donors (Lipinski definition) is 0. The largest absolute Gasteiger partial charge is 0.490 e.